The Bertz CT molecular complexity index is 391. The zero-order valence-corrected chi connectivity index (χ0v) is 10.5. The van der Waals surface area contributed by atoms with E-state index >= 15 is 0 Å². The Morgan fingerprint density at radius 2 is 2.47 bits per heavy atom. The van der Waals surface area contributed by atoms with Crippen LogP contribution in [0.4, 0.5) is 0 Å². The normalized spacial score (nSPS) is 16.8. The second-order valence-corrected chi connectivity index (χ2v) is 5.21. The van der Waals surface area contributed by atoms with Gasteiger partial charge in [-0.05, 0) is 29.7 Å². The fourth-order valence-electron chi connectivity index (χ4n) is 1.54. The summed E-state index contributed by atoms with van der Waals surface area (Å²) >= 11 is 1.38. The van der Waals surface area contributed by atoms with Crippen molar-refractivity contribution in [2.24, 2.45) is 5.84 Å². The number of aromatic nitrogens is 4. The number of hydrazine groups is 1. The number of nitrogens with one attached hydrogen (secondary N) is 1. The number of nitrogens with two attached hydrogens (primary N) is 1. The summed E-state index contributed by atoms with van der Waals surface area (Å²) in [7, 11) is 0. The summed E-state index contributed by atoms with van der Waals surface area (Å²) in [5.74, 6) is 4.99. The second-order valence-electron chi connectivity index (χ2n) is 4.04. The molecule has 1 aromatic heterocycles. The van der Waals surface area contributed by atoms with Crippen molar-refractivity contribution in [3.05, 3.63) is 0 Å². The highest BCUT2D eigenvalue weighted by Gasteiger charge is 2.30. The fourth-order valence-corrected chi connectivity index (χ4v) is 2.70. The largest absolute Gasteiger partial charge is 0.293 e. The molecule has 1 heterocycles. The molecule has 0 spiro atoms. The lowest BCUT2D eigenvalue weighted by Crippen LogP contribution is -2.37. The zero-order chi connectivity index (χ0) is 12.3. The van der Waals surface area contributed by atoms with E-state index in [1.54, 1.807) is 4.68 Å². The number of nitrogens with zero attached hydrogens (tertiary/aromatic N) is 4. The van der Waals surface area contributed by atoms with E-state index in [0.717, 1.165) is 25.7 Å². The van der Waals surface area contributed by atoms with Gasteiger partial charge < -0.3 is 0 Å². The zero-order valence-electron chi connectivity index (χ0n) is 9.67. The molecule has 17 heavy (non-hydrogen) atoms. The van der Waals surface area contributed by atoms with Gasteiger partial charge in [0.05, 0.1) is 11.3 Å². The van der Waals surface area contributed by atoms with Gasteiger partial charge in [0.1, 0.15) is 0 Å². The summed E-state index contributed by atoms with van der Waals surface area (Å²) in [5, 5.41) is 12.0. The lowest BCUT2D eigenvalue weighted by molar-refractivity contribution is -0.120. The van der Waals surface area contributed by atoms with Crippen LogP contribution in [0.25, 0.3) is 0 Å². The van der Waals surface area contributed by atoms with E-state index in [-0.39, 0.29) is 11.2 Å². The predicted molar refractivity (Wildman–Crippen MR) is 63.0 cm³/mol. The highest BCUT2D eigenvalue weighted by atomic mass is 32.2. The fraction of sp³-hybridized carbons (Fsp3) is 0.778. The smallest absolute Gasteiger partial charge is 0.247 e. The third-order valence-corrected chi connectivity index (χ3v) is 3.80. The maximum Gasteiger partial charge on any atom is 0.247 e. The van der Waals surface area contributed by atoms with Crippen LogP contribution in [0, 0.1) is 0 Å². The molecular weight excluding hydrogens is 240 g/mol. The van der Waals surface area contributed by atoms with Crippen molar-refractivity contribution in [1.29, 1.82) is 0 Å². The van der Waals surface area contributed by atoms with Crippen LogP contribution in [0.3, 0.4) is 0 Å². The molecule has 3 N–H and O–H groups in total. The Morgan fingerprint density at radius 1 is 1.71 bits per heavy atom. The number of hydrogen-bond donors (Lipinski definition) is 2. The van der Waals surface area contributed by atoms with E-state index in [1.165, 1.54) is 11.8 Å². The minimum Gasteiger partial charge on any atom is -0.293 e. The van der Waals surface area contributed by atoms with Crippen LogP contribution in [0.2, 0.25) is 0 Å². The number of thioether (sulfide) groups is 1. The van der Waals surface area contributed by atoms with Gasteiger partial charge in [-0.25, -0.2) is 10.5 Å². The molecule has 0 saturated heterocycles. The molecule has 1 fully saturated rings. The molecule has 1 unspecified atom stereocenters. The van der Waals surface area contributed by atoms with E-state index in [9.17, 15) is 4.79 Å². The van der Waals surface area contributed by atoms with Crippen LogP contribution >= 0.6 is 11.8 Å². The van der Waals surface area contributed by atoms with Crippen LogP contribution in [-0.2, 0) is 4.79 Å². The number of amides is 1. The van der Waals surface area contributed by atoms with E-state index in [0.29, 0.717) is 11.2 Å². The molecule has 1 aliphatic carbocycles. The lowest BCUT2D eigenvalue weighted by atomic mass is 10.2. The maximum atomic E-state index is 11.6. The Kier molecular flexibility index (Phi) is 3.95. The van der Waals surface area contributed by atoms with Crippen molar-refractivity contribution in [2.75, 3.05) is 0 Å². The Morgan fingerprint density at radius 3 is 3.06 bits per heavy atom. The van der Waals surface area contributed by atoms with Gasteiger partial charge in [-0.3, -0.25) is 10.2 Å². The van der Waals surface area contributed by atoms with Crippen LogP contribution in [0.15, 0.2) is 5.16 Å². The van der Waals surface area contributed by atoms with E-state index < -0.39 is 0 Å². The topological polar surface area (TPSA) is 98.7 Å². The summed E-state index contributed by atoms with van der Waals surface area (Å²) < 4.78 is 1.80. The minimum absolute atomic E-state index is 0.179. The standard InChI is InChI=1S/C9H16N6OS/c1-2-3-7(8(16)11-10)17-9-12-13-14-15(9)6-4-5-6/h6-7H,2-5,10H2,1H3,(H,11,16). The first-order valence-electron chi connectivity index (χ1n) is 5.71. The van der Waals surface area contributed by atoms with Crippen LogP contribution in [-0.4, -0.2) is 31.4 Å². The Hall–Kier alpha value is -1.15. The quantitative estimate of drug-likeness (QED) is 0.328. The Labute approximate surface area is 103 Å². The van der Waals surface area contributed by atoms with Gasteiger partial charge >= 0.3 is 0 Å². The third kappa shape index (κ3) is 2.95. The van der Waals surface area contributed by atoms with Crippen molar-refractivity contribution in [3.8, 4) is 0 Å². The monoisotopic (exact) mass is 256 g/mol. The molecule has 1 saturated carbocycles. The van der Waals surface area contributed by atoms with Crippen molar-refractivity contribution in [1.82, 2.24) is 25.6 Å². The number of rotatable bonds is 6. The molecule has 1 aliphatic rings. The molecule has 0 aromatic carbocycles. The average molecular weight is 256 g/mol. The predicted octanol–water partition coefficient (Wildman–Crippen LogP) is 0.259. The van der Waals surface area contributed by atoms with Gasteiger partial charge in [0.25, 0.3) is 0 Å². The SMILES string of the molecule is CCCC(Sc1nnnn1C1CC1)C(=O)NN. The molecule has 0 radical (unpaired) electrons. The van der Waals surface area contributed by atoms with Gasteiger partial charge in [-0.15, -0.1) is 5.10 Å². The molecule has 2 rings (SSSR count). The van der Waals surface area contributed by atoms with E-state index in [4.69, 9.17) is 5.84 Å². The lowest BCUT2D eigenvalue weighted by Gasteiger charge is -2.12. The summed E-state index contributed by atoms with van der Waals surface area (Å²) in [4.78, 5) is 11.6. The second kappa shape index (κ2) is 5.46. The summed E-state index contributed by atoms with van der Waals surface area (Å²) in [6, 6.07) is 0.413. The minimum atomic E-state index is -0.228. The average Bonchev–Trinajstić information content (AvgIpc) is 3.08. The molecule has 1 aromatic rings. The summed E-state index contributed by atoms with van der Waals surface area (Å²) in [5.41, 5.74) is 2.19. The number of hydrogen-bond acceptors (Lipinski definition) is 6. The maximum absolute atomic E-state index is 11.6. The first-order valence-corrected chi connectivity index (χ1v) is 6.59. The van der Waals surface area contributed by atoms with Crippen LogP contribution < -0.4 is 11.3 Å². The van der Waals surface area contributed by atoms with Crippen LogP contribution in [0.1, 0.15) is 38.6 Å². The molecule has 7 nitrogen and oxygen atoms in total. The highest BCUT2D eigenvalue weighted by Crippen LogP contribution is 2.37. The molecule has 94 valence electrons. The molecule has 0 bridgehead atoms. The molecular formula is C9H16N6OS. The van der Waals surface area contributed by atoms with Crippen molar-refractivity contribution >= 4 is 17.7 Å². The number of carbonyl (C=O) groups excluding carboxylic acids is 1. The van der Waals surface area contributed by atoms with Gasteiger partial charge in [0.2, 0.25) is 11.1 Å². The van der Waals surface area contributed by atoms with Gasteiger partial charge in [-0.1, -0.05) is 25.1 Å². The van der Waals surface area contributed by atoms with Crippen molar-refractivity contribution in [2.45, 2.75) is 49.1 Å². The number of tetrazole rings is 1. The molecule has 1 amide bonds. The molecule has 1 atom stereocenters. The third-order valence-electron chi connectivity index (χ3n) is 2.59. The molecule has 8 heteroatoms. The Balaban J connectivity index is 2.05. The summed E-state index contributed by atoms with van der Waals surface area (Å²) in [6.07, 6.45) is 3.89. The van der Waals surface area contributed by atoms with Gasteiger partial charge in [-0.2, -0.15) is 0 Å². The summed E-state index contributed by atoms with van der Waals surface area (Å²) in [6.45, 7) is 2.03. The van der Waals surface area contributed by atoms with Crippen LogP contribution in [0.5, 0.6) is 0 Å². The first-order chi connectivity index (χ1) is 8.26. The highest BCUT2D eigenvalue weighted by molar-refractivity contribution is 8.00. The van der Waals surface area contributed by atoms with Gasteiger partial charge in [0, 0.05) is 0 Å². The molecule has 0 aliphatic heterocycles. The van der Waals surface area contributed by atoms with Gasteiger partial charge in [0.15, 0.2) is 0 Å². The van der Waals surface area contributed by atoms with E-state index in [2.05, 4.69) is 21.0 Å². The number of carbonyl (C=O) groups is 1. The van der Waals surface area contributed by atoms with Crippen molar-refractivity contribution in [3.63, 3.8) is 0 Å². The van der Waals surface area contributed by atoms with Crippen molar-refractivity contribution < 1.29 is 4.79 Å². The van der Waals surface area contributed by atoms with E-state index in [1.807, 2.05) is 6.92 Å². The first kappa shape index (κ1) is 12.3.